The SMILES string of the molecule is C1CCNC1.C=C(CCC1(C=[N+]2CCCC2)CC=C(C)CC1)OC.C=CC(=O)OC.CC(=O)CCC1(C=O)CC=C(C)CC1.CC(=O)O.CC1=CC/C(=C\CN2CCCC2)CC1.CC1=CC/C(=C\CN2CCCC2)CC1.CC1=CCC(C=O)CC1.CC1=CCC(C=[N+]2CCCC2)(CCC(=O)C=O)CC1. The highest BCUT2D eigenvalue weighted by Gasteiger charge is 2.36. The Morgan fingerprint density at radius 2 is 0.962 bits per heavy atom. The number of rotatable bonds is 20. The van der Waals surface area contributed by atoms with E-state index in [4.69, 9.17) is 14.6 Å². The van der Waals surface area contributed by atoms with Gasteiger partial charge in [-0.15, -0.1) is 0 Å². The molecular formula is C89H143N5O10+2. The molecule has 5 fully saturated rings. The molecule has 0 spiro atoms. The molecule has 4 unspecified atom stereocenters. The number of carbonyl (C=O) groups is 7. The molecule has 0 bridgehead atoms. The zero-order valence-electron chi connectivity index (χ0n) is 67.0. The van der Waals surface area contributed by atoms with E-state index in [1.807, 2.05) is 0 Å². The molecule has 0 amide bonds. The van der Waals surface area contributed by atoms with Crippen molar-refractivity contribution in [2.24, 2.45) is 22.2 Å². The number of hydrogen-bond donors (Lipinski definition) is 2. The highest BCUT2D eigenvalue weighted by atomic mass is 16.5. The van der Waals surface area contributed by atoms with Crippen LogP contribution in [0.3, 0.4) is 0 Å². The van der Waals surface area contributed by atoms with Crippen LogP contribution in [0, 0.1) is 22.2 Å². The topological polar surface area (TPSA) is 183 Å². The number of ether oxygens (including phenoxy) is 2. The van der Waals surface area contributed by atoms with Crippen LogP contribution in [0.1, 0.15) is 274 Å². The van der Waals surface area contributed by atoms with Gasteiger partial charge in [-0.2, -0.15) is 0 Å². The lowest BCUT2D eigenvalue weighted by Gasteiger charge is -2.31. The van der Waals surface area contributed by atoms with Crippen molar-refractivity contribution < 1.29 is 57.3 Å². The van der Waals surface area contributed by atoms with Crippen molar-refractivity contribution in [3.8, 4) is 0 Å². The minimum atomic E-state index is -0.833. The summed E-state index contributed by atoms with van der Waals surface area (Å²) >= 11 is 0. The fourth-order valence-corrected chi connectivity index (χ4v) is 14.5. The van der Waals surface area contributed by atoms with Crippen molar-refractivity contribution in [2.45, 2.75) is 274 Å². The normalized spacial score (nSPS) is 24.9. The van der Waals surface area contributed by atoms with Crippen LogP contribution in [0.25, 0.3) is 0 Å². The fraction of sp³-hybridized carbons (Fsp3) is 0.674. The number of likely N-dealkylation sites (tertiary alicyclic amines) is 2. The second-order valence-electron chi connectivity index (χ2n) is 31.4. The number of methoxy groups -OCH3 is 2. The highest BCUT2D eigenvalue weighted by Crippen LogP contribution is 2.41. The Morgan fingerprint density at radius 1 is 0.548 bits per heavy atom. The molecule has 0 aromatic rings. The van der Waals surface area contributed by atoms with Gasteiger partial charge in [0, 0.05) is 82.4 Å². The Hall–Kier alpha value is -6.29. The first-order valence-electron chi connectivity index (χ1n) is 40.1. The van der Waals surface area contributed by atoms with E-state index in [1.165, 1.54) is 218 Å². The predicted octanol–water partition coefficient (Wildman–Crippen LogP) is 18.1. The Kier molecular flexibility index (Phi) is 47.3. The van der Waals surface area contributed by atoms with Crippen molar-refractivity contribution in [3.63, 3.8) is 0 Å². The molecular weight excluding hydrogens is 1300 g/mol. The summed E-state index contributed by atoms with van der Waals surface area (Å²) in [6.07, 6.45) is 66.0. The number of aliphatic carboxylic acids is 1. The highest BCUT2D eigenvalue weighted by molar-refractivity contribution is 6.24. The van der Waals surface area contributed by atoms with Gasteiger partial charge in [0.15, 0.2) is 12.1 Å². The van der Waals surface area contributed by atoms with Crippen molar-refractivity contribution in [1.29, 1.82) is 0 Å². The molecule has 11 rings (SSSR count). The molecule has 0 aromatic heterocycles. The van der Waals surface area contributed by atoms with Gasteiger partial charge in [0.1, 0.15) is 57.0 Å². The number of nitrogens with zero attached hydrogens (tertiary/aromatic N) is 4. The maximum Gasteiger partial charge on any atom is 0.329 e. The summed E-state index contributed by atoms with van der Waals surface area (Å²) in [7, 11) is 3.04. The first-order valence-corrected chi connectivity index (χ1v) is 40.1. The zero-order chi connectivity index (χ0) is 76.4. The second kappa shape index (κ2) is 53.5. The zero-order valence-corrected chi connectivity index (χ0v) is 67.0. The van der Waals surface area contributed by atoms with Gasteiger partial charge in [-0.3, -0.25) is 24.2 Å². The van der Waals surface area contributed by atoms with Gasteiger partial charge in [0.25, 0.3) is 5.97 Å². The summed E-state index contributed by atoms with van der Waals surface area (Å²) in [5, 5.41) is 10.6. The van der Waals surface area contributed by atoms with Gasteiger partial charge >= 0.3 is 5.97 Å². The molecule has 2 N–H and O–H groups in total. The molecule has 5 heterocycles. The third-order valence-corrected chi connectivity index (χ3v) is 22.2. The van der Waals surface area contributed by atoms with E-state index >= 15 is 0 Å². The van der Waals surface area contributed by atoms with Crippen LogP contribution in [0.2, 0.25) is 0 Å². The molecule has 11 aliphatic rings. The van der Waals surface area contributed by atoms with E-state index in [2.05, 4.69) is 145 Å². The van der Waals surface area contributed by atoms with Crippen LogP contribution < -0.4 is 5.32 Å². The number of nitrogens with one attached hydrogen (secondary N) is 1. The summed E-state index contributed by atoms with van der Waals surface area (Å²) in [6, 6.07) is 0. The van der Waals surface area contributed by atoms with Crippen LogP contribution in [0.4, 0.5) is 0 Å². The number of hydrogen-bond acceptors (Lipinski definition) is 12. The molecule has 0 aromatic carbocycles. The quantitative estimate of drug-likeness (QED) is 0.0224. The number of aldehydes is 3. The number of allylic oxidation sites excluding steroid dienone is 15. The van der Waals surface area contributed by atoms with E-state index < -0.39 is 11.9 Å². The molecule has 104 heavy (non-hydrogen) atoms. The van der Waals surface area contributed by atoms with Crippen LogP contribution in [-0.4, -0.2) is 172 Å². The van der Waals surface area contributed by atoms with Crippen molar-refractivity contribution in [2.75, 3.05) is 92.8 Å². The van der Waals surface area contributed by atoms with Gasteiger partial charge in [0.2, 0.25) is 0 Å². The van der Waals surface area contributed by atoms with Crippen molar-refractivity contribution in [3.05, 3.63) is 118 Å². The van der Waals surface area contributed by atoms with Gasteiger partial charge in [-0.05, 0) is 261 Å². The standard InChI is InChI=1S/C17H28NO.C16H24NO2.2C13H21N.C12H18O2.C8H12O.C4H9N.C4H6O2.C2H4O2/c1-15-6-9-17(10-7-15,11-8-16(2)19-3)14-18-12-4-5-13-18;1-14-4-7-16(8-5-14,9-6-15(19)12-18)13-17-10-2-3-11-17;2*1-12-4-6-13(7-5-12)8-11-14-9-2-3-10-14;1-10-3-6-12(9-13,7-4-10)8-5-11(2)14;1-7-2-4-8(6-9)5-3-7;1-2-4-5-3-1;1-3-4(5)6-2;1-2(3)4/h6,14H,2,4-5,7-13H2,1,3H3;4,12-13H,2-3,5-11H2,1H3;2*4,8H,2-3,5-7,9-11H2,1H3;3,9H,4-8H2,1-2H3;2,6,8H,3-5H2,1H3;5H,1-4H2;3H,1H2,2H3;1H3,(H,3,4)/q2*+1;;;;;;;/b;;2*13-8+;;;;;. The monoisotopic (exact) mass is 1440 g/mol. The molecule has 0 saturated carbocycles. The summed E-state index contributed by atoms with van der Waals surface area (Å²) in [5.41, 5.74) is 12.5. The third-order valence-electron chi connectivity index (χ3n) is 22.2. The van der Waals surface area contributed by atoms with Crippen molar-refractivity contribution in [1.82, 2.24) is 15.1 Å². The van der Waals surface area contributed by atoms with Crippen LogP contribution in [0.15, 0.2) is 118 Å². The molecule has 6 aliphatic carbocycles. The van der Waals surface area contributed by atoms with E-state index in [9.17, 15) is 28.8 Å². The van der Waals surface area contributed by atoms with Crippen LogP contribution in [0.5, 0.6) is 0 Å². The fourth-order valence-electron chi connectivity index (χ4n) is 14.5. The molecule has 5 saturated heterocycles. The lowest BCUT2D eigenvalue weighted by Crippen LogP contribution is -2.30. The van der Waals surface area contributed by atoms with E-state index in [1.54, 1.807) is 41.9 Å². The lowest BCUT2D eigenvalue weighted by atomic mass is 9.72. The third kappa shape index (κ3) is 41.6. The van der Waals surface area contributed by atoms with E-state index in [0.29, 0.717) is 30.5 Å². The number of carboxylic acids is 1. The number of carboxylic acid groups (broad SMARTS) is 1. The lowest BCUT2D eigenvalue weighted by molar-refractivity contribution is -0.505. The minimum absolute atomic E-state index is 0.0997. The maximum absolute atomic E-state index is 11.3. The largest absolute Gasteiger partial charge is 0.502 e. The van der Waals surface area contributed by atoms with Gasteiger partial charge in [-0.1, -0.05) is 106 Å². The maximum atomic E-state index is 11.3. The smallest absolute Gasteiger partial charge is 0.329 e. The Bertz CT molecular complexity index is 2910. The molecule has 5 aliphatic heterocycles. The van der Waals surface area contributed by atoms with Gasteiger partial charge in [0.05, 0.1) is 30.8 Å². The average Bonchev–Trinajstić information content (AvgIpc) is 1.58. The van der Waals surface area contributed by atoms with Gasteiger partial charge in [-0.25, -0.2) is 13.9 Å². The second-order valence-corrected chi connectivity index (χ2v) is 31.4. The number of ketones is 2. The first-order chi connectivity index (χ1) is 49.9. The Balaban J connectivity index is 0.000000314. The summed E-state index contributed by atoms with van der Waals surface area (Å²) in [6.45, 7) is 37.9. The number of carbonyl (C=O) groups excluding carboxylic acids is 6. The minimum Gasteiger partial charge on any atom is -0.502 e. The van der Waals surface area contributed by atoms with Gasteiger partial charge < -0.3 is 34.3 Å². The number of Topliss-reactive ketones (excluding diaryl/α,β-unsaturated/α-hetero) is 2. The average molecular weight is 1440 g/mol. The molecule has 15 heteroatoms. The molecule has 0 radical (unpaired) electrons. The Labute approximate surface area is 630 Å². The number of esters is 1. The van der Waals surface area contributed by atoms with Crippen LogP contribution >= 0.6 is 0 Å². The van der Waals surface area contributed by atoms with Crippen LogP contribution in [-0.2, 0) is 43.0 Å². The van der Waals surface area contributed by atoms with E-state index in [-0.39, 0.29) is 22.4 Å². The summed E-state index contributed by atoms with van der Waals surface area (Å²) in [4.78, 5) is 77.9. The Morgan fingerprint density at radius 3 is 1.27 bits per heavy atom. The molecule has 4 atom stereocenters. The molecule has 582 valence electrons. The summed E-state index contributed by atoms with van der Waals surface area (Å²) < 4.78 is 14.3. The predicted molar refractivity (Wildman–Crippen MR) is 430 cm³/mol. The summed E-state index contributed by atoms with van der Waals surface area (Å²) in [5.74, 6) is -0.0813. The van der Waals surface area contributed by atoms with E-state index in [0.717, 1.165) is 121 Å². The molecule has 15 nitrogen and oxygen atoms in total. The first kappa shape index (κ1) is 91.9. The van der Waals surface area contributed by atoms with Crippen molar-refractivity contribution >= 4 is 54.8 Å².